The van der Waals surface area contributed by atoms with E-state index in [0.29, 0.717) is 28.2 Å². The van der Waals surface area contributed by atoms with E-state index in [1.807, 2.05) is 72.8 Å². The van der Waals surface area contributed by atoms with Crippen LogP contribution in [0, 0.1) is 0 Å². The molecule has 1 unspecified atom stereocenters. The summed E-state index contributed by atoms with van der Waals surface area (Å²) in [6.45, 7) is 1.18. The second-order valence-electron chi connectivity index (χ2n) is 8.12. The number of nitrogens with zero attached hydrogens (tertiary/aromatic N) is 2. The summed E-state index contributed by atoms with van der Waals surface area (Å²) < 4.78 is 7.43. The molecule has 0 radical (unpaired) electrons. The molecule has 1 aliphatic heterocycles. The molecule has 5 nitrogen and oxygen atoms in total. The highest BCUT2D eigenvalue weighted by Crippen LogP contribution is 2.23. The van der Waals surface area contributed by atoms with Crippen molar-refractivity contribution in [2.24, 2.45) is 0 Å². The maximum Gasteiger partial charge on any atom is 0.262 e. The topological polar surface area (TPSA) is 61.2 Å². The van der Waals surface area contributed by atoms with Gasteiger partial charge in [0.15, 0.2) is 10.9 Å². The van der Waals surface area contributed by atoms with E-state index >= 15 is 0 Å². The van der Waals surface area contributed by atoms with Crippen molar-refractivity contribution >= 4 is 28.4 Å². The van der Waals surface area contributed by atoms with E-state index in [0.717, 1.165) is 30.6 Å². The Morgan fingerprint density at radius 2 is 1.70 bits per heavy atom. The van der Waals surface area contributed by atoms with E-state index in [1.165, 1.54) is 11.8 Å². The maximum atomic E-state index is 13.2. The van der Waals surface area contributed by atoms with Crippen molar-refractivity contribution in [1.29, 1.82) is 0 Å². The monoisotopic (exact) mass is 456 g/mol. The Morgan fingerprint density at radius 1 is 0.970 bits per heavy atom. The number of Topliss-reactive ketones (excluding diaryl/α,β-unsaturated/α-hetero) is 1. The number of hydrogen-bond donors (Lipinski definition) is 0. The molecule has 0 N–H and O–H groups in total. The zero-order valence-corrected chi connectivity index (χ0v) is 19.0. The molecule has 0 aliphatic carbocycles. The van der Waals surface area contributed by atoms with Crippen LogP contribution in [0.4, 0.5) is 0 Å². The van der Waals surface area contributed by atoms with Gasteiger partial charge in [0, 0.05) is 12.2 Å². The van der Waals surface area contributed by atoms with Crippen molar-refractivity contribution in [2.45, 2.75) is 30.6 Å². The fourth-order valence-corrected chi connectivity index (χ4v) is 5.01. The second kappa shape index (κ2) is 9.73. The number of fused-ring (bicyclic) bond motifs is 1. The van der Waals surface area contributed by atoms with Crippen LogP contribution in [0.5, 0.6) is 0 Å². The van der Waals surface area contributed by atoms with Gasteiger partial charge in [-0.05, 0) is 36.1 Å². The first-order chi connectivity index (χ1) is 16.2. The summed E-state index contributed by atoms with van der Waals surface area (Å²) in [6.07, 6.45) is 1.93. The van der Waals surface area contributed by atoms with Gasteiger partial charge in [-0.1, -0.05) is 78.5 Å². The van der Waals surface area contributed by atoms with Crippen LogP contribution < -0.4 is 5.56 Å². The molecule has 33 heavy (non-hydrogen) atoms. The fraction of sp³-hybridized carbons (Fsp3) is 0.222. The van der Waals surface area contributed by atoms with Crippen LogP contribution in [0.2, 0.25) is 0 Å². The average molecular weight is 457 g/mol. The lowest BCUT2D eigenvalue weighted by Gasteiger charge is -2.16. The Bertz CT molecular complexity index is 1330. The standard InChI is InChI=1S/C27H24N2O3S/c30-25(21-14-12-20(13-15-21)19-7-2-1-3-8-19)18-33-27-28-24-11-5-4-10-23(24)26(31)29(27)17-22-9-6-16-32-22/h1-5,7-8,10-15,22H,6,9,16-18H2. The van der Waals surface area contributed by atoms with Gasteiger partial charge in [-0.3, -0.25) is 14.2 Å². The van der Waals surface area contributed by atoms with Gasteiger partial charge in [-0.15, -0.1) is 0 Å². The summed E-state index contributed by atoms with van der Waals surface area (Å²) in [5.41, 5.74) is 3.40. The number of carbonyl (C=O) groups is 1. The minimum absolute atomic E-state index is 0.00526. The van der Waals surface area contributed by atoms with E-state index in [1.54, 1.807) is 10.6 Å². The molecular weight excluding hydrogens is 432 g/mol. The van der Waals surface area contributed by atoms with E-state index in [2.05, 4.69) is 0 Å². The number of carbonyl (C=O) groups excluding carboxylic acids is 1. The Morgan fingerprint density at radius 3 is 2.45 bits per heavy atom. The van der Waals surface area contributed by atoms with Gasteiger partial charge in [0.25, 0.3) is 5.56 Å². The van der Waals surface area contributed by atoms with Crippen LogP contribution in [0.3, 0.4) is 0 Å². The summed E-state index contributed by atoms with van der Waals surface area (Å²) >= 11 is 1.31. The lowest BCUT2D eigenvalue weighted by atomic mass is 10.0. The normalized spacial score (nSPS) is 15.7. The highest BCUT2D eigenvalue weighted by Gasteiger charge is 2.21. The molecule has 1 saturated heterocycles. The van der Waals surface area contributed by atoms with Crippen molar-refractivity contribution in [2.75, 3.05) is 12.4 Å². The van der Waals surface area contributed by atoms with Gasteiger partial charge in [0.05, 0.1) is 29.3 Å². The number of thioether (sulfide) groups is 1. The molecule has 0 bridgehead atoms. The molecule has 1 aliphatic rings. The first kappa shape index (κ1) is 21.6. The quantitative estimate of drug-likeness (QED) is 0.217. The highest BCUT2D eigenvalue weighted by atomic mass is 32.2. The predicted octanol–water partition coefficient (Wildman–Crippen LogP) is 5.22. The summed E-state index contributed by atoms with van der Waals surface area (Å²) in [5.74, 6) is 0.215. The van der Waals surface area contributed by atoms with Crippen molar-refractivity contribution in [3.05, 3.63) is 94.8 Å². The van der Waals surface area contributed by atoms with Crippen LogP contribution >= 0.6 is 11.8 Å². The third kappa shape index (κ3) is 4.77. The Balaban J connectivity index is 1.37. The summed E-state index contributed by atoms with van der Waals surface area (Å²) in [5, 5.41) is 1.14. The zero-order valence-electron chi connectivity index (χ0n) is 18.1. The Hall–Kier alpha value is -3.22. The first-order valence-corrected chi connectivity index (χ1v) is 12.1. The first-order valence-electron chi connectivity index (χ1n) is 11.1. The average Bonchev–Trinajstić information content (AvgIpc) is 3.38. The lowest BCUT2D eigenvalue weighted by molar-refractivity contribution is 0.0937. The number of aromatic nitrogens is 2. The SMILES string of the molecule is O=C(CSc1nc2ccccc2c(=O)n1CC1CCCO1)c1ccc(-c2ccccc2)cc1. The van der Waals surface area contributed by atoms with Crippen LogP contribution in [0.1, 0.15) is 23.2 Å². The van der Waals surface area contributed by atoms with Crippen molar-refractivity contribution in [1.82, 2.24) is 9.55 Å². The van der Waals surface area contributed by atoms with Gasteiger partial charge in [0.2, 0.25) is 0 Å². The van der Waals surface area contributed by atoms with E-state index in [9.17, 15) is 9.59 Å². The van der Waals surface area contributed by atoms with Gasteiger partial charge in [-0.2, -0.15) is 0 Å². The maximum absolute atomic E-state index is 13.2. The van der Waals surface area contributed by atoms with Gasteiger partial charge in [0.1, 0.15) is 0 Å². The number of benzene rings is 3. The van der Waals surface area contributed by atoms with E-state index < -0.39 is 0 Å². The van der Waals surface area contributed by atoms with E-state index in [-0.39, 0.29) is 23.2 Å². The highest BCUT2D eigenvalue weighted by molar-refractivity contribution is 7.99. The zero-order chi connectivity index (χ0) is 22.6. The third-order valence-electron chi connectivity index (χ3n) is 5.88. The molecular formula is C27H24N2O3S. The van der Waals surface area contributed by atoms with Crippen LogP contribution in [-0.2, 0) is 11.3 Å². The molecule has 4 aromatic rings. The van der Waals surface area contributed by atoms with Crippen molar-refractivity contribution in [3.63, 3.8) is 0 Å². The molecule has 2 heterocycles. The molecule has 3 aromatic carbocycles. The van der Waals surface area contributed by atoms with E-state index in [4.69, 9.17) is 9.72 Å². The number of rotatable bonds is 7. The van der Waals surface area contributed by atoms with Gasteiger partial charge in [-0.25, -0.2) is 4.98 Å². The number of ketones is 1. The molecule has 6 heteroatoms. The van der Waals surface area contributed by atoms with Crippen LogP contribution in [-0.4, -0.2) is 33.8 Å². The fourth-order valence-electron chi connectivity index (χ4n) is 4.10. The minimum atomic E-state index is -0.0849. The summed E-state index contributed by atoms with van der Waals surface area (Å²) in [6, 6.07) is 25.1. The Labute approximate surface area is 196 Å². The minimum Gasteiger partial charge on any atom is -0.376 e. The molecule has 166 valence electrons. The van der Waals surface area contributed by atoms with Gasteiger partial charge >= 0.3 is 0 Å². The second-order valence-corrected chi connectivity index (χ2v) is 9.06. The van der Waals surface area contributed by atoms with Crippen molar-refractivity contribution < 1.29 is 9.53 Å². The number of hydrogen-bond acceptors (Lipinski definition) is 5. The van der Waals surface area contributed by atoms with Crippen LogP contribution in [0.25, 0.3) is 22.0 Å². The van der Waals surface area contributed by atoms with Gasteiger partial charge < -0.3 is 4.74 Å². The number of para-hydroxylation sites is 1. The molecule has 1 aromatic heterocycles. The Kier molecular flexibility index (Phi) is 6.37. The molecule has 0 spiro atoms. The third-order valence-corrected chi connectivity index (χ3v) is 6.86. The smallest absolute Gasteiger partial charge is 0.262 e. The number of ether oxygens (including phenoxy) is 1. The molecule has 5 rings (SSSR count). The predicted molar refractivity (Wildman–Crippen MR) is 132 cm³/mol. The molecule has 0 saturated carbocycles. The summed E-state index contributed by atoms with van der Waals surface area (Å²) in [7, 11) is 0. The largest absolute Gasteiger partial charge is 0.376 e. The molecule has 0 amide bonds. The molecule has 1 fully saturated rings. The summed E-state index contributed by atoms with van der Waals surface area (Å²) in [4.78, 5) is 30.8. The lowest BCUT2D eigenvalue weighted by Crippen LogP contribution is -2.29. The van der Waals surface area contributed by atoms with Crippen LogP contribution in [0.15, 0.2) is 88.8 Å². The molecule has 1 atom stereocenters. The van der Waals surface area contributed by atoms with Crippen molar-refractivity contribution in [3.8, 4) is 11.1 Å².